The van der Waals surface area contributed by atoms with Crippen LogP contribution < -0.4 is 0 Å². The molecular weight excluding hydrogens is 334 g/mol. The fraction of sp³-hybridized carbons (Fsp3) is 0.294. The molecule has 122 valence electrons. The maximum absolute atomic E-state index is 12.9. The summed E-state index contributed by atoms with van der Waals surface area (Å²) in [4.78, 5) is 0.347. The van der Waals surface area contributed by atoms with E-state index in [0.29, 0.717) is 23.1 Å². The number of morpholine rings is 1. The zero-order valence-electron chi connectivity index (χ0n) is 12.8. The van der Waals surface area contributed by atoms with Crippen molar-refractivity contribution < 1.29 is 13.2 Å². The third-order valence-corrected chi connectivity index (χ3v) is 6.36. The lowest BCUT2D eigenvalue weighted by atomic mass is 10.1. The summed E-state index contributed by atoms with van der Waals surface area (Å²) in [6.45, 7) is 2.76. The van der Waals surface area contributed by atoms with Gasteiger partial charge in [0.05, 0.1) is 17.6 Å². The first-order valence-corrected chi connectivity index (χ1v) is 9.24. The highest BCUT2D eigenvalue weighted by Crippen LogP contribution is 2.31. The van der Waals surface area contributed by atoms with Crippen molar-refractivity contribution in [3.63, 3.8) is 0 Å². The molecule has 2 aromatic rings. The van der Waals surface area contributed by atoms with Crippen molar-refractivity contribution in [2.24, 2.45) is 0 Å². The van der Waals surface area contributed by atoms with Gasteiger partial charge in [0.25, 0.3) is 0 Å². The van der Waals surface area contributed by atoms with E-state index in [1.807, 2.05) is 24.3 Å². The Balaban J connectivity index is 1.90. The Morgan fingerprint density at radius 2 is 1.83 bits per heavy atom. The molecular formula is C17H18ClNO3S. The molecule has 1 atom stereocenters. The Morgan fingerprint density at radius 3 is 2.57 bits per heavy atom. The molecule has 1 unspecified atom stereocenters. The van der Waals surface area contributed by atoms with Gasteiger partial charge in [-0.2, -0.15) is 4.31 Å². The topological polar surface area (TPSA) is 46.6 Å². The van der Waals surface area contributed by atoms with Crippen molar-refractivity contribution in [1.29, 1.82) is 0 Å². The molecule has 1 aliphatic rings. The molecule has 0 N–H and O–H groups in total. The molecule has 3 rings (SSSR count). The quantitative estimate of drug-likeness (QED) is 0.851. The molecule has 1 saturated heterocycles. The number of benzene rings is 2. The number of nitrogens with zero attached hydrogens (tertiary/aromatic N) is 1. The molecule has 1 fully saturated rings. The van der Waals surface area contributed by atoms with Gasteiger partial charge in [0.15, 0.2) is 0 Å². The van der Waals surface area contributed by atoms with Crippen LogP contribution in [0.25, 0.3) is 0 Å². The van der Waals surface area contributed by atoms with Gasteiger partial charge < -0.3 is 4.74 Å². The molecule has 0 saturated carbocycles. The van der Waals surface area contributed by atoms with Gasteiger partial charge in [-0.05, 0) is 24.6 Å². The Morgan fingerprint density at radius 1 is 1.13 bits per heavy atom. The third kappa shape index (κ3) is 3.28. The average Bonchev–Trinajstić information content (AvgIpc) is 2.55. The summed E-state index contributed by atoms with van der Waals surface area (Å²) >= 11 is 6.21. The van der Waals surface area contributed by atoms with Gasteiger partial charge in [0.2, 0.25) is 10.0 Å². The zero-order valence-corrected chi connectivity index (χ0v) is 14.3. The van der Waals surface area contributed by atoms with Crippen LogP contribution in [-0.4, -0.2) is 32.4 Å². The van der Waals surface area contributed by atoms with E-state index in [2.05, 4.69) is 0 Å². The molecule has 4 nitrogen and oxygen atoms in total. The first-order chi connectivity index (χ1) is 11.0. The minimum Gasteiger partial charge on any atom is -0.371 e. The summed E-state index contributed by atoms with van der Waals surface area (Å²) in [5.74, 6) is 0. The fourth-order valence-electron chi connectivity index (χ4n) is 2.75. The van der Waals surface area contributed by atoms with Crippen LogP contribution in [0.2, 0.25) is 5.02 Å². The maximum atomic E-state index is 12.9. The summed E-state index contributed by atoms with van der Waals surface area (Å²) in [6.07, 6.45) is -0.351. The molecule has 2 aromatic carbocycles. The molecule has 0 aromatic heterocycles. The van der Waals surface area contributed by atoms with Crippen LogP contribution in [0.3, 0.4) is 0 Å². The monoisotopic (exact) mass is 351 g/mol. The fourth-order valence-corrected chi connectivity index (χ4v) is 4.66. The molecule has 6 heteroatoms. The average molecular weight is 352 g/mol. The van der Waals surface area contributed by atoms with E-state index >= 15 is 0 Å². The van der Waals surface area contributed by atoms with E-state index < -0.39 is 10.0 Å². The highest BCUT2D eigenvalue weighted by atomic mass is 35.5. The summed E-state index contributed by atoms with van der Waals surface area (Å²) in [6, 6.07) is 14.4. The first-order valence-electron chi connectivity index (χ1n) is 7.42. The van der Waals surface area contributed by atoms with E-state index in [1.54, 1.807) is 31.2 Å². The minimum atomic E-state index is -3.54. The van der Waals surface area contributed by atoms with Crippen molar-refractivity contribution in [2.75, 3.05) is 19.7 Å². The standard InChI is InChI=1S/C17H18ClNO3S/c1-13-6-2-5-9-17(13)23(20,21)19-10-11-22-16(12-19)14-7-3-4-8-15(14)18/h2-9,16H,10-12H2,1H3. The van der Waals surface area contributed by atoms with Crippen LogP contribution >= 0.6 is 11.6 Å². The van der Waals surface area contributed by atoms with Crippen LogP contribution in [-0.2, 0) is 14.8 Å². The molecule has 0 bridgehead atoms. The summed E-state index contributed by atoms with van der Waals surface area (Å²) in [5, 5.41) is 0.590. The molecule has 0 spiro atoms. The van der Waals surface area contributed by atoms with Gasteiger partial charge in [-0.15, -0.1) is 0 Å². The lowest BCUT2D eigenvalue weighted by molar-refractivity contribution is -0.00250. The highest BCUT2D eigenvalue weighted by molar-refractivity contribution is 7.89. The smallest absolute Gasteiger partial charge is 0.243 e. The van der Waals surface area contributed by atoms with Crippen molar-refractivity contribution in [2.45, 2.75) is 17.9 Å². The summed E-state index contributed by atoms with van der Waals surface area (Å²) < 4.78 is 33.0. The van der Waals surface area contributed by atoms with E-state index in [4.69, 9.17) is 16.3 Å². The Labute approximate surface area is 141 Å². The molecule has 23 heavy (non-hydrogen) atoms. The van der Waals surface area contributed by atoms with Gasteiger partial charge >= 0.3 is 0 Å². The van der Waals surface area contributed by atoms with E-state index in [9.17, 15) is 8.42 Å². The van der Waals surface area contributed by atoms with Crippen molar-refractivity contribution in [1.82, 2.24) is 4.31 Å². The maximum Gasteiger partial charge on any atom is 0.243 e. The zero-order chi connectivity index (χ0) is 16.4. The second kappa shape index (κ2) is 6.61. The molecule has 0 amide bonds. The number of rotatable bonds is 3. The lowest BCUT2D eigenvalue weighted by Gasteiger charge is -2.33. The lowest BCUT2D eigenvalue weighted by Crippen LogP contribution is -2.42. The Hall–Kier alpha value is -1.40. The number of hydrogen-bond acceptors (Lipinski definition) is 3. The van der Waals surface area contributed by atoms with Gasteiger partial charge in [0.1, 0.15) is 0 Å². The molecule has 0 aliphatic carbocycles. The SMILES string of the molecule is Cc1ccccc1S(=O)(=O)N1CCOC(c2ccccc2Cl)C1. The first kappa shape index (κ1) is 16.5. The van der Waals surface area contributed by atoms with Gasteiger partial charge in [-0.25, -0.2) is 8.42 Å². The number of hydrogen-bond donors (Lipinski definition) is 0. The van der Waals surface area contributed by atoms with Gasteiger partial charge in [0, 0.05) is 23.7 Å². The summed E-state index contributed by atoms with van der Waals surface area (Å²) in [7, 11) is -3.54. The van der Waals surface area contributed by atoms with Crippen molar-refractivity contribution in [3.8, 4) is 0 Å². The molecule has 1 aliphatic heterocycles. The van der Waals surface area contributed by atoms with Crippen LogP contribution in [0.5, 0.6) is 0 Å². The van der Waals surface area contributed by atoms with Crippen molar-refractivity contribution in [3.05, 3.63) is 64.7 Å². The number of aryl methyl sites for hydroxylation is 1. The molecule has 0 radical (unpaired) electrons. The highest BCUT2D eigenvalue weighted by Gasteiger charge is 2.32. The van der Waals surface area contributed by atoms with Crippen LogP contribution in [0, 0.1) is 6.92 Å². The van der Waals surface area contributed by atoms with Gasteiger partial charge in [-0.1, -0.05) is 48.0 Å². The largest absolute Gasteiger partial charge is 0.371 e. The number of halogens is 1. The van der Waals surface area contributed by atoms with Gasteiger partial charge in [-0.3, -0.25) is 0 Å². The van der Waals surface area contributed by atoms with E-state index in [-0.39, 0.29) is 12.6 Å². The Kier molecular flexibility index (Phi) is 4.73. The number of sulfonamides is 1. The van der Waals surface area contributed by atoms with Crippen LogP contribution in [0.4, 0.5) is 0 Å². The van der Waals surface area contributed by atoms with Crippen LogP contribution in [0.15, 0.2) is 53.4 Å². The van der Waals surface area contributed by atoms with Crippen molar-refractivity contribution >= 4 is 21.6 Å². The summed E-state index contributed by atoms with van der Waals surface area (Å²) in [5.41, 5.74) is 1.56. The predicted molar refractivity (Wildman–Crippen MR) is 90.1 cm³/mol. The normalized spacial score (nSPS) is 19.7. The molecule has 1 heterocycles. The predicted octanol–water partition coefficient (Wildman–Crippen LogP) is 3.41. The van der Waals surface area contributed by atoms with Crippen LogP contribution in [0.1, 0.15) is 17.2 Å². The van der Waals surface area contributed by atoms with E-state index in [0.717, 1.165) is 11.1 Å². The Bertz CT molecular complexity index is 807. The minimum absolute atomic E-state index is 0.264. The number of ether oxygens (including phenoxy) is 1. The third-order valence-electron chi connectivity index (χ3n) is 3.99. The van der Waals surface area contributed by atoms with E-state index in [1.165, 1.54) is 4.31 Å². The second-order valence-electron chi connectivity index (χ2n) is 5.51. The second-order valence-corrected chi connectivity index (χ2v) is 7.82.